The Bertz CT molecular complexity index is 350. The summed E-state index contributed by atoms with van der Waals surface area (Å²) in [7, 11) is 0. The molecule has 36 heavy (non-hydrogen) atoms. The molecule has 0 spiro atoms. The van der Waals surface area contributed by atoms with Gasteiger partial charge in [-0.05, 0) is 6.92 Å². The number of hydrogen-bond acceptors (Lipinski definition) is 11. The monoisotopic (exact) mass is 592 g/mol. The molecule has 0 saturated carbocycles. The maximum absolute atomic E-state index is 5.45. The lowest BCUT2D eigenvalue weighted by molar-refractivity contribution is -0.0272. The normalized spacial score (nSPS) is 11.5. The maximum Gasteiger partial charge on any atom is 0.0701 e. The molecule has 0 amide bonds. The summed E-state index contributed by atoms with van der Waals surface area (Å²) in [5.41, 5.74) is 0. The minimum absolute atomic E-state index is 0.525. The molecule has 0 rings (SSSR count). The van der Waals surface area contributed by atoms with Gasteiger partial charge >= 0.3 is 0 Å². The Morgan fingerprint density at radius 3 is 0.611 bits per heavy atom. The van der Waals surface area contributed by atoms with E-state index in [4.69, 9.17) is 52.1 Å². The number of rotatable bonds is 33. The molecule has 218 valence electrons. The molecular weight excluding hydrogens is 544 g/mol. The summed E-state index contributed by atoms with van der Waals surface area (Å²) in [6, 6.07) is 0. The van der Waals surface area contributed by atoms with Gasteiger partial charge in [0, 0.05) is 11.9 Å². The van der Waals surface area contributed by atoms with E-state index in [2.05, 4.69) is 15.9 Å². The molecule has 0 N–H and O–H groups in total. The van der Waals surface area contributed by atoms with Gasteiger partial charge in [0.15, 0.2) is 0 Å². The number of hydrogen-bond donors (Lipinski definition) is 0. The highest BCUT2D eigenvalue weighted by Gasteiger charge is 1.96. The summed E-state index contributed by atoms with van der Waals surface area (Å²) in [5, 5.41) is 0.841. The van der Waals surface area contributed by atoms with Gasteiger partial charge in [0.2, 0.25) is 0 Å². The smallest absolute Gasteiger partial charge is 0.0701 e. The Hall–Kier alpha value is 0.0400. The van der Waals surface area contributed by atoms with Crippen LogP contribution in [0.15, 0.2) is 0 Å². The van der Waals surface area contributed by atoms with Crippen LogP contribution in [0.4, 0.5) is 0 Å². The van der Waals surface area contributed by atoms with E-state index in [1.54, 1.807) is 0 Å². The molecule has 0 bridgehead atoms. The highest BCUT2D eigenvalue weighted by molar-refractivity contribution is 9.09. The van der Waals surface area contributed by atoms with Gasteiger partial charge in [-0.15, -0.1) is 0 Å². The summed E-state index contributed by atoms with van der Waals surface area (Å²) in [5.74, 6) is 0. The van der Waals surface area contributed by atoms with Crippen LogP contribution < -0.4 is 0 Å². The summed E-state index contributed by atoms with van der Waals surface area (Å²) in [6.45, 7) is 14.4. The molecule has 0 aliphatic rings. The average Bonchev–Trinajstić information content (AvgIpc) is 2.89. The zero-order valence-corrected chi connectivity index (χ0v) is 23.7. The van der Waals surface area contributed by atoms with Crippen LogP contribution in [-0.4, -0.2) is 151 Å². The molecule has 0 radical (unpaired) electrons. The van der Waals surface area contributed by atoms with Crippen LogP contribution in [0.25, 0.3) is 0 Å². The van der Waals surface area contributed by atoms with Gasteiger partial charge in [-0.25, -0.2) is 0 Å². The molecule has 11 nitrogen and oxygen atoms in total. The standard InChI is InChI=1S/C24H49BrO11/c1-2-26-5-6-28-9-10-30-13-14-32-17-18-34-21-22-36-24-23-35-20-19-33-16-15-31-12-11-29-8-7-27-4-3-25/h2-24H2,1H3. The summed E-state index contributed by atoms with van der Waals surface area (Å²) in [6.07, 6.45) is 0. The number of halogens is 1. The van der Waals surface area contributed by atoms with Crippen molar-refractivity contribution in [2.45, 2.75) is 6.92 Å². The minimum atomic E-state index is 0.525. The second kappa shape index (κ2) is 35.0. The Kier molecular flexibility index (Phi) is 35.1. The molecule has 0 fully saturated rings. The Labute approximate surface area is 225 Å². The van der Waals surface area contributed by atoms with Crippen molar-refractivity contribution < 1.29 is 52.1 Å². The minimum Gasteiger partial charge on any atom is -0.379 e. The van der Waals surface area contributed by atoms with Crippen LogP contribution in [0.2, 0.25) is 0 Å². The summed E-state index contributed by atoms with van der Waals surface area (Å²) < 4.78 is 59.2. The van der Waals surface area contributed by atoms with Crippen molar-refractivity contribution in [3.63, 3.8) is 0 Å². The molecular formula is C24H49BrO11. The Balaban J connectivity index is 3.00. The highest BCUT2D eigenvalue weighted by atomic mass is 79.9. The zero-order valence-electron chi connectivity index (χ0n) is 22.1. The van der Waals surface area contributed by atoms with E-state index < -0.39 is 0 Å². The molecule has 0 unspecified atom stereocenters. The quantitative estimate of drug-likeness (QED) is 0.0819. The van der Waals surface area contributed by atoms with Crippen LogP contribution in [0.3, 0.4) is 0 Å². The van der Waals surface area contributed by atoms with Gasteiger partial charge in [0.25, 0.3) is 0 Å². The Morgan fingerprint density at radius 2 is 0.444 bits per heavy atom. The highest BCUT2D eigenvalue weighted by Crippen LogP contribution is 1.87. The topological polar surface area (TPSA) is 102 Å². The van der Waals surface area contributed by atoms with E-state index in [9.17, 15) is 0 Å². The van der Waals surface area contributed by atoms with Gasteiger partial charge in [-0.2, -0.15) is 0 Å². The maximum atomic E-state index is 5.45. The Morgan fingerprint density at radius 1 is 0.278 bits per heavy atom. The lowest BCUT2D eigenvalue weighted by Gasteiger charge is -2.09. The fourth-order valence-electron chi connectivity index (χ4n) is 2.40. The molecule has 0 heterocycles. The second-order valence-corrected chi connectivity index (χ2v) is 7.80. The fourth-order valence-corrected chi connectivity index (χ4v) is 2.63. The molecule has 0 atom stereocenters. The van der Waals surface area contributed by atoms with Crippen LogP contribution in [0.5, 0.6) is 0 Å². The third-order valence-electron chi connectivity index (χ3n) is 4.15. The number of ether oxygens (including phenoxy) is 11. The molecule has 0 aromatic heterocycles. The third kappa shape index (κ3) is 34.0. The van der Waals surface area contributed by atoms with Crippen LogP contribution in [0.1, 0.15) is 6.92 Å². The molecule has 0 aliphatic carbocycles. The van der Waals surface area contributed by atoms with Crippen molar-refractivity contribution in [2.24, 2.45) is 0 Å². The molecule has 12 heteroatoms. The van der Waals surface area contributed by atoms with Gasteiger partial charge in [-0.3, -0.25) is 0 Å². The summed E-state index contributed by atoms with van der Waals surface area (Å²) >= 11 is 3.30. The van der Waals surface area contributed by atoms with Gasteiger partial charge < -0.3 is 52.1 Å². The fraction of sp³-hybridized carbons (Fsp3) is 1.00. The third-order valence-corrected chi connectivity index (χ3v) is 4.47. The zero-order chi connectivity index (χ0) is 26.0. The van der Waals surface area contributed by atoms with Gasteiger partial charge in [0.05, 0.1) is 139 Å². The van der Waals surface area contributed by atoms with E-state index in [0.717, 1.165) is 5.33 Å². The van der Waals surface area contributed by atoms with Crippen molar-refractivity contribution in [3.8, 4) is 0 Å². The molecule has 0 aliphatic heterocycles. The second-order valence-electron chi connectivity index (χ2n) is 7.01. The van der Waals surface area contributed by atoms with Crippen molar-refractivity contribution in [1.29, 1.82) is 0 Å². The van der Waals surface area contributed by atoms with E-state index in [1.165, 1.54) is 0 Å². The van der Waals surface area contributed by atoms with Gasteiger partial charge in [0.1, 0.15) is 0 Å². The predicted molar refractivity (Wildman–Crippen MR) is 138 cm³/mol. The first kappa shape index (κ1) is 36.0. The first-order valence-corrected chi connectivity index (χ1v) is 13.9. The van der Waals surface area contributed by atoms with Crippen molar-refractivity contribution in [2.75, 3.05) is 151 Å². The SMILES string of the molecule is CCOCCOCCOCCOCCOCCOCCOCCOCCOCCOCCOCCBr. The average molecular weight is 594 g/mol. The lowest BCUT2D eigenvalue weighted by Crippen LogP contribution is -2.15. The van der Waals surface area contributed by atoms with E-state index in [-0.39, 0.29) is 0 Å². The molecule has 0 saturated heterocycles. The van der Waals surface area contributed by atoms with Crippen molar-refractivity contribution >= 4 is 15.9 Å². The van der Waals surface area contributed by atoms with Crippen LogP contribution in [-0.2, 0) is 52.1 Å². The predicted octanol–water partition coefficient (Wildman–Crippen LogP) is 1.58. The summed E-state index contributed by atoms with van der Waals surface area (Å²) in [4.78, 5) is 0. The van der Waals surface area contributed by atoms with E-state index >= 15 is 0 Å². The molecule has 0 aromatic rings. The molecule has 0 aromatic carbocycles. The lowest BCUT2D eigenvalue weighted by atomic mass is 10.6. The first-order valence-electron chi connectivity index (χ1n) is 12.8. The van der Waals surface area contributed by atoms with Crippen LogP contribution >= 0.6 is 15.9 Å². The van der Waals surface area contributed by atoms with Gasteiger partial charge in [-0.1, -0.05) is 15.9 Å². The van der Waals surface area contributed by atoms with Crippen LogP contribution in [0, 0.1) is 0 Å². The first-order chi connectivity index (χ1) is 17.9. The number of alkyl halides is 1. The van der Waals surface area contributed by atoms with Crippen molar-refractivity contribution in [1.82, 2.24) is 0 Å². The largest absolute Gasteiger partial charge is 0.379 e. The van der Waals surface area contributed by atoms with E-state index in [0.29, 0.717) is 145 Å². The van der Waals surface area contributed by atoms with Crippen molar-refractivity contribution in [3.05, 3.63) is 0 Å². The van der Waals surface area contributed by atoms with E-state index in [1.807, 2.05) is 6.92 Å².